The molecule has 3 aromatic rings. The SMILES string of the molecule is Cc1c[nH]c(=O)n1-c1ccccc1NC(=O)c1ccc(Cl)c([N+](=O)[O-])c1. The number of imidazole rings is 1. The Morgan fingerprint density at radius 3 is 2.65 bits per heavy atom. The van der Waals surface area contributed by atoms with Gasteiger partial charge in [-0.3, -0.25) is 19.5 Å². The molecule has 1 heterocycles. The highest BCUT2D eigenvalue weighted by Gasteiger charge is 2.18. The number of aryl methyl sites for hydroxylation is 1. The molecule has 0 aliphatic carbocycles. The number of nitro benzene ring substituents is 1. The van der Waals surface area contributed by atoms with E-state index in [2.05, 4.69) is 10.3 Å². The van der Waals surface area contributed by atoms with Crippen LogP contribution in [0.15, 0.2) is 53.5 Å². The van der Waals surface area contributed by atoms with Crippen LogP contribution in [0.5, 0.6) is 0 Å². The molecule has 0 fully saturated rings. The van der Waals surface area contributed by atoms with Crippen molar-refractivity contribution in [3.63, 3.8) is 0 Å². The number of aromatic amines is 1. The summed E-state index contributed by atoms with van der Waals surface area (Å²) in [6, 6.07) is 10.5. The number of hydrogen-bond acceptors (Lipinski definition) is 4. The van der Waals surface area contributed by atoms with E-state index in [1.807, 2.05) is 0 Å². The number of H-pyrrole nitrogens is 1. The van der Waals surface area contributed by atoms with E-state index in [9.17, 15) is 19.7 Å². The van der Waals surface area contributed by atoms with Crippen molar-refractivity contribution in [3.8, 4) is 5.69 Å². The van der Waals surface area contributed by atoms with E-state index in [1.54, 1.807) is 37.4 Å². The Hall–Kier alpha value is -3.39. The maximum absolute atomic E-state index is 12.5. The number of aromatic nitrogens is 2. The molecule has 0 aliphatic heterocycles. The van der Waals surface area contributed by atoms with Crippen LogP contribution >= 0.6 is 11.6 Å². The molecule has 0 saturated carbocycles. The summed E-state index contributed by atoms with van der Waals surface area (Å²) in [6.45, 7) is 1.75. The number of amides is 1. The predicted molar refractivity (Wildman–Crippen MR) is 97.2 cm³/mol. The molecule has 0 saturated heterocycles. The van der Waals surface area contributed by atoms with Crippen LogP contribution in [0.25, 0.3) is 5.69 Å². The van der Waals surface area contributed by atoms with E-state index >= 15 is 0 Å². The van der Waals surface area contributed by atoms with Gasteiger partial charge in [0, 0.05) is 23.5 Å². The molecule has 0 bridgehead atoms. The van der Waals surface area contributed by atoms with Crippen molar-refractivity contribution in [1.82, 2.24) is 9.55 Å². The molecule has 9 heteroatoms. The third kappa shape index (κ3) is 3.22. The normalized spacial score (nSPS) is 10.5. The van der Waals surface area contributed by atoms with Crippen molar-refractivity contribution in [3.05, 3.63) is 85.5 Å². The summed E-state index contributed by atoms with van der Waals surface area (Å²) in [5, 5.41) is 13.6. The number of nitro groups is 1. The summed E-state index contributed by atoms with van der Waals surface area (Å²) in [6.07, 6.45) is 1.56. The lowest BCUT2D eigenvalue weighted by atomic mass is 10.1. The van der Waals surface area contributed by atoms with E-state index in [-0.39, 0.29) is 22.0 Å². The van der Waals surface area contributed by atoms with Crippen LogP contribution in [0.3, 0.4) is 0 Å². The average Bonchev–Trinajstić information content (AvgIpc) is 2.94. The Morgan fingerprint density at radius 2 is 2.00 bits per heavy atom. The maximum atomic E-state index is 12.5. The fourth-order valence-electron chi connectivity index (χ4n) is 2.52. The zero-order chi connectivity index (χ0) is 18.8. The Morgan fingerprint density at radius 1 is 1.27 bits per heavy atom. The molecule has 0 spiro atoms. The first-order chi connectivity index (χ1) is 12.4. The number of nitrogens with one attached hydrogen (secondary N) is 2. The summed E-state index contributed by atoms with van der Waals surface area (Å²) < 4.78 is 1.42. The number of carbonyl (C=O) groups excluding carboxylic acids is 1. The number of anilines is 1. The van der Waals surface area contributed by atoms with Crippen LogP contribution in [0, 0.1) is 17.0 Å². The first-order valence-electron chi connectivity index (χ1n) is 7.50. The van der Waals surface area contributed by atoms with Gasteiger partial charge < -0.3 is 10.3 Å². The van der Waals surface area contributed by atoms with Crippen LogP contribution in [0.4, 0.5) is 11.4 Å². The fourth-order valence-corrected chi connectivity index (χ4v) is 2.70. The summed E-state index contributed by atoms with van der Waals surface area (Å²) >= 11 is 5.77. The lowest BCUT2D eigenvalue weighted by Crippen LogP contribution is -2.19. The zero-order valence-electron chi connectivity index (χ0n) is 13.5. The minimum absolute atomic E-state index is 0.0542. The van der Waals surface area contributed by atoms with E-state index in [0.29, 0.717) is 17.1 Å². The van der Waals surface area contributed by atoms with Gasteiger partial charge in [0.1, 0.15) is 5.02 Å². The summed E-state index contributed by atoms with van der Waals surface area (Å²) in [4.78, 5) is 37.4. The predicted octanol–water partition coefficient (Wildman–Crippen LogP) is 3.29. The van der Waals surface area contributed by atoms with Crippen LogP contribution in [-0.2, 0) is 0 Å². The number of benzene rings is 2. The molecule has 0 atom stereocenters. The number of halogens is 1. The molecule has 8 nitrogen and oxygen atoms in total. The maximum Gasteiger partial charge on any atom is 0.330 e. The molecule has 1 amide bonds. The second-order valence-corrected chi connectivity index (χ2v) is 5.87. The van der Waals surface area contributed by atoms with Crippen molar-refractivity contribution in [2.45, 2.75) is 6.92 Å². The minimum Gasteiger partial charge on any atom is -0.320 e. The van der Waals surface area contributed by atoms with Gasteiger partial charge >= 0.3 is 5.69 Å². The Bertz CT molecular complexity index is 1070. The Labute approximate surface area is 152 Å². The van der Waals surface area contributed by atoms with Crippen LogP contribution in [0.1, 0.15) is 16.1 Å². The molecule has 0 aliphatic rings. The third-order valence-corrected chi connectivity index (χ3v) is 4.08. The lowest BCUT2D eigenvalue weighted by molar-refractivity contribution is -0.384. The van der Waals surface area contributed by atoms with Crippen molar-refractivity contribution in [2.75, 3.05) is 5.32 Å². The van der Waals surface area contributed by atoms with Gasteiger partial charge in [0.05, 0.1) is 16.3 Å². The van der Waals surface area contributed by atoms with Gasteiger partial charge in [-0.2, -0.15) is 0 Å². The average molecular weight is 373 g/mol. The van der Waals surface area contributed by atoms with Gasteiger partial charge in [-0.15, -0.1) is 0 Å². The Kier molecular flexibility index (Phi) is 4.59. The van der Waals surface area contributed by atoms with Gasteiger partial charge in [0.15, 0.2) is 0 Å². The molecule has 0 unspecified atom stereocenters. The smallest absolute Gasteiger partial charge is 0.320 e. The van der Waals surface area contributed by atoms with Gasteiger partial charge in [-0.25, -0.2) is 4.79 Å². The lowest BCUT2D eigenvalue weighted by Gasteiger charge is -2.12. The molecule has 2 aromatic carbocycles. The van der Waals surface area contributed by atoms with Gasteiger partial charge in [0.25, 0.3) is 11.6 Å². The monoisotopic (exact) mass is 372 g/mol. The van der Waals surface area contributed by atoms with Crippen molar-refractivity contribution >= 4 is 28.9 Å². The topological polar surface area (TPSA) is 110 Å². The molecule has 3 rings (SSSR count). The summed E-state index contributed by atoms with van der Waals surface area (Å²) in [7, 11) is 0. The number of nitrogens with zero attached hydrogens (tertiary/aromatic N) is 2. The highest BCUT2D eigenvalue weighted by atomic mass is 35.5. The number of hydrogen-bond donors (Lipinski definition) is 2. The standard InChI is InChI=1S/C17H13ClN4O4/c1-10-9-19-17(24)21(10)14-5-3-2-4-13(14)20-16(23)11-6-7-12(18)15(8-11)22(25)26/h2-9H,1H3,(H,19,24)(H,20,23). The molecular formula is C17H13ClN4O4. The zero-order valence-corrected chi connectivity index (χ0v) is 14.3. The molecule has 2 N–H and O–H groups in total. The van der Waals surface area contributed by atoms with E-state index in [1.165, 1.54) is 16.7 Å². The largest absolute Gasteiger partial charge is 0.330 e. The quantitative estimate of drug-likeness (QED) is 0.540. The number of rotatable bonds is 4. The Balaban J connectivity index is 1.98. The van der Waals surface area contributed by atoms with Crippen molar-refractivity contribution in [1.29, 1.82) is 0 Å². The molecular weight excluding hydrogens is 360 g/mol. The number of carbonyl (C=O) groups is 1. The third-order valence-electron chi connectivity index (χ3n) is 3.76. The van der Waals surface area contributed by atoms with Gasteiger partial charge in [0.2, 0.25) is 0 Å². The molecule has 132 valence electrons. The van der Waals surface area contributed by atoms with E-state index in [4.69, 9.17) is 11.6 Å². The number of para-hydroxylation sites is 2. The summed E-state index contributed by atoms with van der Waals surface area (Å²) in [5.74, 6) is -0.557. The first kappa shape index (κ1) is 17.4. The van der Waals surface area contributed by atoms with Crippen LogP contribution < -0.4 is 11.0 Å². The molecule has 26 heavy (non-hydrogen) atoms. The van der Waals surface area contributed by atoms with E-state index in [0.717, 1.165) is 6.07 Å². The van der Waals surface area contributed by atoms with Crippen molar-refractivity contribution in [2.24, 2.45) is 0 Å². The summed E-state index contributed by atoms with van der Waals surface area (Å²) in [5.41, 5.74) is 0.914. The van der Waals surface area contributed by atoms with Crippen LogP contribution in [0.2, 0.25) is 5.02 Å². The molecule has 1 aromatic heterocycles. The highest BCUT2D eigenvalue weighted by Crippen LogP contribution is 2.26. The highest BCUT2D eigenvalue weighted by molar-refractivity contribution is 6.32. The van der Waals surface area contributed by atoms with Crippen molar-refractivity contribution < 1.29 is 9.72 Å². The van der Waals surface area contributed by atoms with Gasteiger partial charge in [-0.1, -0.05) is 23.7 Å². The second-order valence-electron chi connectivity index (χ2n) is 5.47. The van der Waals surface area contributed by atoms with Crippen LogP contribution in [-0.4, -0.2) is 20.4 Å². The van der Waals surface area contributed by atoms with Gasteiger partial charge in [-0.05, 0) is 31.2 Å². The van der Waals surface area contributed by atoms with E-state index < -0.39 is 10.8 Å². The minimum atomic E-state index is -0.657. The molecule has 0 radical (unpaired) electrons. The first-order valence-corrected chi connectivity index (χ1v) is 7.88. The fraction of sp³-hybridized carbons (Fsp3) is 0.0588. The second kappa shape index (κ2) is 6.85.